The molecule has 1 aromatic heterocycles. The van der Waals surface area contributed by atoms with Gasteiger partial charge in [0.05, 0.1) is 18.1 Å². The maximum absolute atomic E-state index is 13.4. The zero-order valence-electron chi connectivity index (χ0n) is 18.8. The molecule has 1 atom stereocenters. The number of aryl methyl sites for hydroxylation is 1. The number of carbonyl (C=O) groups excluding carboxylic acids is 1. The van der Waals surface area contributed by atoms with Crippen LogP contribution in [-0.2, 0) is 21.4 Å². The first-order valence-electron chi connectivity index (χ1n) is 10.8. The van der Waals surface area contributed by atoms with Crippen molar-refractivity contribution in [3.05, 3.63) is 58.9 Å². The first-order chi connectivity index (χ1) is 16.3. The first kappa shape index (κ1) is 24.2. The number of ether oxygens (including phenoxy) is 1. The summed E-state index contributed by atoms with van der Waals surface area (Å²) in [5.41, 5.74) is 1.37. The highest BCUT2D eigenvalue weighted by molar-refractivity contribution is 7.89. The van der Waals surface area contributed by atoms with Crippen molar-refractivity contribution in [2.75, 3.05) is 20.2 Å². The van der Waals surface area contributed by atoms with Gasteiger partial charge in [0.25, 0.3) is 0 Å². The Morgan fingerprint density at radius 3 is 2.85 bits per heavy atom. The van der Waals surface area contributed by atoms with Crippen LogP contribution in [0.2, 0.25) is 5.02 Å². The molecule has 0 unspecified atom stereocenters. The van der Waals surface area contributed by atoms with E-state index < -0.39 is 15.9 Å². The van der Waals surface area contributed by atoms with Gasteiger partial charge in [-0.2, -0.15) is 9.29 Å². The molecule has 4 rings (SSSR count). The second kappa shape index (κ2) is 10.1. The fraction of sp³-hybridized carbons (Fsp3) is 0.348. The molecule has 180 valence electrons. The third kappa shape index (κ3) is 5.24. The van der Waals surface area contributed by atoms with Gasteiger partial charge in [0.1, 0.15) is 10.6 Å². The zero-order valence-corrected chi connectivity index (χ0v) is 20.4. The lowest BCUT2D eigenvalue weighted by Gasteiger charge is -2.31. The minimum Gasteiger partial charge on any atom is -0.497 e. The Kier molecular flexibility index (Phi) is 7.20. The van der Waals surface area contributed by atoms with E-state index in [0.717, 1.165) is 5.56 Å². The van der Waals surface area contributed by atoms with E-state index in [1.54, 1.807) is 20.1 Å². The van der Waals surface area contributed by atoms with E-state index >= 15 is 0 Å². The minimum atomic E-state index is -3.94. The van der Waals surface area contributed by atoms with Crippen molar-refractivity contribution in [2.45, 2.75) is 31.2 Å². The Balaban J connectivity index is 1.48. The molecule has 9 nitrogen and oxygen atoms in total. The molecule has 3 aromatic rings. The number of hydrogen-bond acceptors (Lipinski definition) is 7. The average molecular weight is 505 g/mol. The van der Waals surface area contributed by atoms with E-state index in [4.69, 9.17) is 20.9 Å². The standard InChI is InChI=1S/C23H25ClN4O5S/c1-15-26-22(27-33-15)17-8-9-20(24)21(12-17)34(30,31)28-10-4-6-18(14-28)23(29)25-13-16-5-3-7-19(11-16)32-2/h3,5,7-9,11-12,18H,4,6,10,13-14H2,1-2H3,(H,25,29)/t18-/m1/s1. The molecule has 2 aromatic carbocycles. The maximum atomic E-state index is 13.4. The summed E-state index contributed by atoms with van der Waals surface area (Å²) < 4.78 is 38.4. The van der Waals surface area contributed by atoms with Crippen LogP contribution in [0.25, 0.3) is 11.4 Å². The zero-order chi connectivity index (χ0) is 24.3. The molecule has 1 aliphatic rings. The summed E-state index contributed by atoms with van der Waals surface area (Å²) in [6.07, 6.45) is 1.17. The third-order valence-electron chi connectivity index (χ3n) is 5.69. The van der Waals surface area contributed by atoms with Crippen molar-refractivity contribution in [2.24, 2.45) is 5.92 Å². The van der Waals surface area contributed by atoms with Crippen LogP contribution in [0.15, 0.2) is 51.9 Å². The van der Waals surface area contributed by atoms with E-state index in [9.17, 15) is 13.2 Å². The number of nitrogens with one attached hydrogen (secondary N) is 1. The number of piperidine rings is 1. The Hall–Kier alpha value is -2.95. The largest absolute Gasteiger partial charge is 0.497 e. The number of aromatic nitrogens is 2. The van der Waals surface area contributed by atoms with Crippen molar-refractivity contribution in [1.29, 1.82) is 0 Å². The Morgan fingerprint density at radius 2 is 2.12 bits per heavy atom. The van der Waals surface area contributed by atoms with Crippen LogP contribution < -0.4 is 10.1 Å². The lowest BCUT2D eigenvalue weighted by molar-refractivity contribution is -0.126. The molecule has 11 heteroatoms. The van der Waals surface area contributed by atoms with Gasteiger partial charge < -0.3 is 14.6 Å². The smallest absolute Gasteiger partial charge is 0.244 e. The van der Waals surface area contributed by atoms with Gasteiger partial charge in [0.15, 0.2) is 0 Å². The number of carbonyl (C=O) groups is 1. The minimum absolute atomic E-state index is 0.0495. The predicted octanol–water partition coefficient (Wildman–Crippen LogP) is 3.42. The van der Waals surface area contributed by atoms with Gasteiger partial charge in [-0.05, 0) is 48.7 Å². The number of nitrogens with zero attached hydrogens (tertiary/aromatic N) is 3. The predicted molar refractivity (Wildman–Crippen MR) is 126 cm³/mol. The molecule has 34 heavy (non-hydrogen) atoms. The number of sulfonamides is 1. The van der Waals surface area contributed by atoms with Crippen LogP contribution in [-0.4, -0.2) is 49.0 Å². The topological polar surface area (TPSA) is 115 Å². The molecule has 1 saturated heterocycles. The van der Waals surface area contributed by atoms with Crippen molar-refractivity contribution < 1.29 is 22.5 Å². The summed E-state index contributed by atoms with van der Waals surface area (Å²) in [7, 11) is -2.36. The molecule has 0 saturated carbocycles. The van der Waals surface area contributed by atoms with Gasteiger partial charge in [-0.1, -0.05) is 28.9 Å². The highest BCUT2D eigenvalue weighted by Crippen LogP contribution is 2.31. The monoisotopic (exact) mass is 504 g/mol. The summed E-state index contributed by atoms with van der Waals surface area (Å²) in [5.74, 6) is 0.699. The SMILES string of the molecule is COc1cccc(CNC(=O)[C@@H]2CCCN(S(=O)(=O)c3cc(-c4noc(C)n4)ccc3Cl)C2)c1. The summed E-state index contributed by atoms with van der Waals surface area (Å²) in [5, 5.41) is 6.84. The van der Waals surface area contributed by atoms with Gasteiger partial charge in [-0.3, -0.25) is 4.79 Å². The molecule has 1 aliphatic heterocycles. The highest BCUT2D eigenvalue weighted by atomic mass is 35.5. The normalized spacial score (nSPS) is 16.9. The Bertz CT molecular complexity index is 1290. The van der Waals surface area contributed by atoms with E-state index in [0.29, 0.717) is 43.1 Å². The van der Waals surface area contributed by atoms with Crippen molar-refractivity contribution in [1.82, 2.24) is 19.8 Å². The maximum Gasteiger partial charge on any atom is 0.244 e. The molecule has 2 heterocycles. The summed E-state index contributed by atoms with van der Waals surface area (Å²) in [4.78, 5) is 16.9. The molecular weight excluding hydrogens is 480 g/mol. The second-order valence-corrected chi connectivity index (χ2v) is 10.4. The highest BCUT2D eigenvalue weighted by Gasteiger charge is 2.34. The van der Waals surface area contributed by atoms with Crippen LogP contribution in [0.1, 0.15) is 24.3 Å². The number of hydrogen-bond donors (Lipinski definition) is 1. The van der Waals surface area contributed by atoms with Crippen molar-refractivity contribution in [3.8, 4) is 17.1 Å². The lowest BCUT2D eigenvalue weighted by Crippen LogP contribution is -2.45. The molecular formula is C23H25ClN4O5S. The van der Waals surface area contributed by atoms with Gasteiger partial charge >= 0.3 is 0 Å². The lowest BCUT2D eigenvalue weighted by atomic mass is 9.99. The van der Waals surface area contributed by atoms with Gasteiger partial charge in [0.2, 0.25) is 27.6 Å². The van der Waals surface area contributed by atoms with Gasteiger partial charge in [0, 0.05) is 32.1 Å². The summed E-state index contributed by atoms with van der Waals surface area (Å²) in [6, 6.07) is 12.0. The van der Waals surface area contributed by atoms with Crippen LogP contribution in [0.4, 0.5) is 0 Å². The van der Waals surface area contributed by atoms with E-state index in [-0.39, 0.29) is 28.2 Å². The van der Waals surface area contributed by atoms with Crippen molar-refractivity contribution >= 4 is 27.5 Å². The van der Waals surface area contributed by atoms with Crippen molar-refractivity contribution in [3.63, 3.8) is 0 Å². The molecule has 0 radical (unpaired) electrons. The average Bonchev–Trinajstić information content (AvgIpc) is 3.29. The summed E-state index contributed by atoms with van der Waals surface area (Å²) in [6.45, 7) is 2.37. The van der Waals surface area contributed by atoms with Crippen LogP contribution >= 0.6 is 11.6 Å². The Morgan fingerprint density at radius 1 is 1.29 bits per heavy atom. The molecule has 0 spiro atoms. The van der Waals surface area contributed by atoms with Crippen LogP contribution in [0.3, 0.4) is 0 Å². The quantitative estimate of drug-likeness (QED) is 0.524. The number of amides is 1. The Labute approximate surface area is 203 Å². The van der Waals surface area contributed by atoms with Crippen LogP contribution in [0, 0.1) is 12.8 Å². The third-order valence-corrected chi connectivity index (χ3v) is 8.04. The number of benzene rings is 2. The van der Waals surface area contributed by atoms with E-state index in [2.05, 4.69) is 15.5 Å². The molecule has 0 bridgehead atoms. The van der Waals surface area contributed by atoms with Gasteiger partial charge in [-0.25, -0.2) is 8.42 Å². The number of halogens is 1. The molecule has 1 fully saturated rings. The fourth-order valence-electron chi connectivity index (χ4n) is 3.89. The number of rotatable bonds is 7. The fourth-order valence-corrected chi connectivity index (χ4v) is 5.91. The molecule has 1 amide bonds. The van der Waals surface area contributed by atoms with E-state index in [1.165, 1.54) is 16.4 Å². The number of methoxy groups -OCH3 is 1. The summed E-state index contributed by atoms with van der Waals surface area (Å²) >= 11 is 6.27. The first-order valence-corrected chi connectivity index (χ1v) is 12.6. The van der Waals surface area contributed by atoms with Crippen LogP contribution in [0.5, 0.6) is 5.75 Å². The molecule has 0 aliphatic carbocycles. The van der Waals surface area contributed by atoms with Gasteiger partial charge in [-0.15, -0.1) is 0 Å². The second-order valence-electron chi connectivity index (χ2n) is 8.05. The molecule has 1 N–H and O–H groups in total. The van der Waals surface area contributed by atoms with E-state index in [1.807, 2.05) is 24.3 Å².